The Hall–Kier alpha value is -1.11. The minimum absolute atomic E-state index is 0.0505. The summed E-state index contributed by atoms with van der Waals surface area (Å²) in [4.78, 5) is 16.7. The number of aliphatic hydroxyl groups excluding tert-OH is 1. The van der Waals surface area contributed by atoms with Gasteiger partial charge in [-0.25, -0.2) is 4.79 Å². The van der Waals surface area contributed by atoms with Crippen molar-refractivity contribution in [2.75, 3.05) is 13.2 Å². The molecule has 2 aliphatic rings. The standard InChI is InChI=1S/C19H29NO4S/c1-12-10-19(7-8-20(12)17(22)24-18(3,4)5)16-14(6-9-23-19)15(11-21)13(2)25-16/h12,21H,6-11H2,1-5H3/t12-,19+/m0/s1. The van der Waals surface area contributed by atoms with E-state index in [1.54, 1.807) is 11.3 Å². The molecule has 1 aromatic heterocycles. The molecule has 1 amide bonds. The highest BCUT2D eigenvalue weighted by Crippen LogP contribution is 2.48. The molecule has 25 heavy (non-hydrogen) atoms. The lowest BCUT2D eigenvalue weighted by Gasteiger charge is -2.47. The number of fused-ring (bicyclic) bond motifs is 2. The zero-order chi connectivity index (χ0) is 18.4. The van der Waals surface area contributed by atoms with E-state index in [0.717, 1.165) is 24.8 Å². The van der Waals surface area contributed by atoms with Crippen LogP contribution in [0.3, 0.4) is 0 Å². The molecule has 0 saturated carbocycles. The van der Waals surface area contributed by atoms with Crippen molar-refractivity contribution in [1.29, 1.82) is 0 Å². The number of piperidine rings is 1. The Bertz CT molecular complexity index is 663. The number of carbonyl (C=O) groups is 1. The number of carbonyl (C=O) groups excluding carboxylic acids is 1. The van der Waals surface area contributed by atoms with E-state index in [4.69, 9.17) is 9.47 Å². The Morgan fingerprint density at radius 1 is 1.48 bits per heavy atom. The van der Waals surface area contributed by atoms with Gasteiger partial charge in [-0.3, -0.25) is 0 Å². The van der Waals surface area contributed by atoms with Crippen LogP contribution in [-0.4, -0.2) is 40.9 Å². The summed E-state index contributed by atoms with van der Waals surface area (Å²) < 4.78 is 11.8. The van der Waals surface area contributed by atoms with E-state index in [1.165, 1.54) is 15.3 Å². The Balaban J connectivity index is 1.83. The third-order valence-electron chi connectivity index (χ3n) is 5.16. The Morgan fingerprint density at radius 2 is 2.20 bits per heavy atom. The van der Waals surface area contributed by atoms with Gasteiger partial charge in [0.1, 0.15) is 11.2 Å². The van der Waals surface area contributed by atoms with Crippen molar-refractivity contribution in [3.8, 4) is 0 Å². The molecule has 1 saturated heterocycles. The summed E-state index contributed by atoms with van der Waals surface area (Å²) in [5.41, 5.74) is 1.54. The molecular weight excluding hydrogens is 338 g/mol. The SMILES string of the molecule is Cc1sc2c(c1CO)CCO[C@@]21CCN(C(=O)OC(C)(C)C)[C@@H](C)C1. The van der Waals surface area contributed by atoms with E-state index in [-0.39, 0.29) is 24.3 Å². The molecule has 1 aromatic rings. The van der Waals surface area contributed by atoms with Crippen LogP contribution in [0.1, 0.15) is 61.4 Å². The minimum atomic E-state index is -0.485. The average Bonchev–Trinajstić information content (AvgIpc) is 2.82. The predicted molar refractivity (Wildman–Crippen MR) is 97.9 cm³/mol. The molecule has 1 fully saturated rings. The third-order valence-corrected chi connectivity index (χ3v) is 6.54. The molecule has 0 unspecified atom stereocenters. The number of aliphatic hydroxyl groups is 1. The van der Waals surface area contributed by atoms with Crippen LogP contribution in [0.2, 0.25) is 0 Å². The van der Waals surface area contributed by atoms with Crippen molar-refractivity contribution in [3.05, 3.63) is 20.9 Å². The van der Waals surface area contributed by atoms with Crippen LogP contribution in [0.15, 0.2) is 0 Å². The Kier molecular flexibility index (Phi) is 4.90. The number of rotatable bonds is 1. The molecule has 1 N–H and O–H groups in total. The first-order valence-electron chi connectivity index (χ1n) is 9.03. The fourth-order valence-electron chi connectivity index (χ4n) is 4.02. The lowest BCUT2D eigenvalue weighted by atomic mass is 9.81. The summed E-state index contributed by atoms with van der Waals surface area (Å²) in [7, 11) is 0. The third kappa shape index (κ3) is 3.44. The number of hydrogen-bond acceptors (Lipinski definition) is 5. The summed E-state index contributed by atoms with van der Waals surface area (Å²) in [6, 6.07) is 0.0505. The molecule has 6 heteroatoms. The molecule has 5 nitrogen and oxygen atoms in total. The topological polar surface area (TPSA) is 59.0 Å². The van der Waals surface area contributed by atoms with Crippen LogP contribution in [0.4, 0.5) is 4.79 Å². The summed E-state index contributed by atoms with van der Waals surface area (Å²) in [5.74, 6) is 0. The van der Waals surface area contributed by atoms with Gasteiger partial charge in [0.25, 0.3) is 0 Å². The highest BCUT2D eigenvalue weighted by Gasteiger charge is 2.47. The van der Waals surface area contributed by atoms with E-state index >= 15 is 0 Å². The van der Waals surface area contributed by atoms with Gasteiger partial charge in [-0.05, 0) is 58.6 Å². The lowest BCUT2D eigenvalue weighted by molar-refractivity contribution is -0.108. The van der Waals surface area contributed by atoms with E-state index in [1.807, 2.05) is 25.7 Å². The van der Waals surface area contributed by atoms with Crippen molar-refractivity contribution in [1.82, 2.24) is 4.90 Å². The summed E-state index contributed by atoms with van der Waals surface area (Å²) in [6.07, 6.45) is 2.16. The average molecular weight is 368 g/mol. The molecule has 0 radical (unpaired) electrons. The first kappa shape index (κ1) is 18.7. The largest absolute Gasteiger partial charge is 0.444 e. The highest BCUT2D eigenvalue weighted by molar-refractivity contribution is 7.12. The van der Waals surface area contributed by atoms with E-state index in [2.05, 4.69) is 13.8 Å². The van der Waals surface area contributed by atoms with Crippen LogP contribution in [-0.2, 0) is 28.1 Å². The molecule has 0 aromatic carbocycles. The van der Waals surface area contributed by atoms with Gasteiger partial charge < -0.3 is 19.5 Å². The fraction of sp³-hybridized carbons (Fsp3) is 0.737. The normalized spacial score (nSPS) is 26.6. The second-order valence-electron chi connectivity index (χ2n) is 8.17. The van der Waals surface area contributed by atoms with Gasteiger partial charge in [0, 0.05) is 28.8 Å². The number of thiophene rings is 1. The van der Waals surface area contributed by atoms with Gasteiger partial charge in [-0.2, -0.15) is 0 Å². The summed E-state index contributed by atoms with van der Waals surface area (Å²) >= 11 is 1.75. The maximum absolute atomic E-state index is 12.5. The second kappa shape index (κ2) is 6.56. The number of nitrogens with zero attached hydrogens (tertiary/aromatic N) is 1. The van der Waals surface area contributed by atoms with Crippen molar-refractivity contribution >= 4 is 17.4 Å². The van der Waals surface area contributed by atoms with E-state index in [9.17, 15) is 9.90 Å². The first-order chi connectivity index (χ1) is 11.7. The van der Waals surface area contributed by atoms with Crippen molar-refractivity contribution in [2.45, 2.75) is 77.7 Å². The lowest BCUT2D eigenvalue weighted by Crippen LogP contribution is -2.53. The van der Waals surface area contributed by atoms with Crippen LogP contribution >= 0.6 is 11.3 Å². The smallest absolute Gasteiger partial charge is 0.410 e. The molecule has 2 aliphatic heterocycles. The number of ether oxygens (including phenoxy) is 2. The molecular formula is C19H29NO4S. The summed E-state index contributed by atoms with van der Waals surface area (Å²) in [6.45, 7) is 11.2. The van der Waals surface area contributed by atoms with Gasteiger partial charge in [0.15, 0.2) is 0 Å². The molecule has 3 rings (SSSR count). The van der Waals surface area contributed by atoms with Gasteiger partial charge >= 0.3 is 6.09 Å². The van der Waals surface area contributed by atoms with Crippen molar-refractivity contribution in [2.24, 2.45) is 0 Å². The van der Waals surface area contributed by atoms with Crippen molar-refractivity contribution < 1.29 is 19.4 Å². The van der Waals surface area contributed by atoms with E-state index < -0.39 is 5.60 Å². The van der Waals surface area contributed by atoms with Crippen LogP contribution in [0.25, 0.3) is 0 Å². The van der Waals surface area contributed by atoms with Crippen molar-refractivity contribution in [3.63, 3.8) is 0 Å². The van der Waals surface area contributed by atoms with E-state index in [0.29, 0.717) is 13.2 Å². The number of aryl methyl sites for hydroxylation is 1. The molecule has 3 heterocycles. The van der Waals surface area contributed by atoms with Crippen LogP contribution in [0, 0.1) is 6.92 Å². The highest BCUT2D eigenvalue weighted by atomic mass is 32.1. The molecule has 140 valence electrons. The second-order valence-corrected chi connectivity index (χ2v) is 9.40. The monoisotopic (exact) mass is 367 g/mol. The fourth-order valence-corrected chi connectivity index (χ4v) is 5.41. The number of likely N-dealkylation sites (tertiary alicyclic amines) is 1. The predicted octanol–water partition coefficient (Wildman–Crippen LogP) is 3.74. The van der Waals surface area contributed by atoms with Gasteiger partial charge in [-0.15, -0.1) is 11.3 Å². The van der Waals surface area contributed by atoms with Gasteiger partial charge in [0.05, 0.1) is 13.2 Å². The number of amides is 1. The van der Waals surface area contributed by atoms with Crippen LogP contribution in [0.5, 0.6) is 0 Å². The Labute approximate surface area is 153 Å². The molecule has 2 atom stereocenters. The maximum Gasteiger partial charge on any atom is 0.410 e. The van der Waals surface area contributed by atoms with Gasteiger partial charge in [-0.1, -0.05) is 0 Å². The Morgan fingerprint density at radius 3 is 2.80 bits per heavy atom. The van der Waals surface area contributed by atoms with Gasteiger partial charge in [0.2, 0.25) is 0 Å². The molecule has 1 spiro atoms. The summed E-state index contributed by atoms with van der Waals surface area (Å²) in [5, 5.41) is 9.72. The van der Waals surface area contributed by atoms with Crippen LogP contribution < -0.4 is 0 Å². The zero-order valence-corrected chi connectivity index (χ0v) is 16.7. The zero-order valence-electron chi connectivity index (χ0n) is 15.8. The number of hydrogen-bond donors (Lipinski definition) is 1. The maximum atomic E-state index is 12.5. The quantitative estimate of drug-likeness (QED) is 0.821. The first-order valence-corrected chi connectivity index (χ1v) is 9.84. The molecule has 0 aliphatic carbocycles. The minimum Gasteiger partial charge on any atom is -0.444 e. The molecule has 0 bridgehead atoms.